The van der Waals surface area contributed by atoms with E-state index in [0.29, 0.717) is 5.82 Å². The number of rotatable bonds is 2. The number of para-hydroxylation sites is 2. The summed E-state index contributed by atoms with van der Waals surface area (Å²) in [6.07, 6.45) is 1.68. The number of carbonyl (C=O) groups excluding carboxylic acids is 1. The SMILES string of the molecule is O=C(Nc1nc2ccccc2nc1Cl)C1CCNCC1. The number of hydrogen-bond donors (Lipinski definition) is 2. The van der Waals surface area contributed by atoms with Gasteiger partial charge in [-0.25, -0.2) is 9.97 Å². The topological polar surface area (TPSA) is 66.9 Å². The van der Waals surface area contributed by atoms with Crippen LogP contribution in [-0.2, 0) is 4.79 Å². The Morgan fingerprint density at radius 3 is 2.55 bits per heavy atom. The quantitative estimate of drug-likeness (QED) is 0.890. The lowest BCUT2D eigenvalue weighted by Crippen LogP contribution is -2.34. The number of aromatic nitrogens is 2. The van der Waals surface area contributed by atoms with E-state index in [-0.39, 0.29) is 17.0 Å². The van der Waals surface area contributed by atoms with Crippen molar-refractivity contribution < 1.29 is 4.79 Å². The Morgan fingerprint density at radius 2 is 1.85 bits per heavy atom. The Labute approximate surface area is 121 Å². The maximum Gasteiger partial charge on any atom is 0.228 e. The predicted octanol–water partition coefficient (Wildman–Crippen LogP) is 2.22. The van der Waals surface area contributed by atoms with Crippen molar-refractivity contribution in [3.05, 3.63) is 29.4 Å². The molecule has 6 heteroatoms. The molecule has 0 saturated carbocycles. The largest absolute Gasteiger partial charge is 0.317 e. The molecule has 20 heavy (non-hydrogen) atoms. The summed E-state index contributed by atoms with van der Waals surface area (Å²) < 4.78 is 0. The van der Waals surface area contributed by atoms with E-state index in [1.165, 1.54) is 0 Å². The number of halogens is 1. The molecule has 0 atom stereocenters. The molecule has 104 valence electrons. The minimum atomic E-state index is -0.0296. The van der Waals surface area contributed by atoms with Crippen LogP contribution in [0, 0.1) is 5.92 Å². The molecule has 0 radical (unpaired) electrons. The molecular formula is C14H15ClN4O. The van der Waals surface area contributed by atoms with Crippen molar-refractivity contribution in [3.8, 4) is 0 Å². The average molecular weight is 291 g/mol. The minimum Gasteiger partial charge on any atom is -0.317 e. The third kappa shape index (κ3) is 2.73. The number of piperidine rings is 1. The first kappa shape index (κ1) is 13.3. The Kier molecular flexibility index (Phi) is 3.80. The maximum absolute atomic E-state index is 12.2. The van der Waals surface area contributed by atoms with Gasteiger partial charge in [0.1, 0.15) is 0 Å². The number of carbonyl (C=O) groups is 1. The molecule has 1 amide bonds. The van der Waals surface area contributed by atoms with Crippen LogP contribution < -0.4 is 10.6 Å². The lowest BCUT2D eigenvalue weighted by atomic mass is 9.97. The molecule has 0 unspecified atom stereocenters. The summed E-state index contributed by atoms with van der Waals surface area (Å²) in [5, 5.41) is 6.26. The first-order valence-corrected chi connectivity index (χ1v) is 7.06. The lowest BCUT2D eigenvalue weighted by Gasteiger charge is -2.21. The number of nitrogens with one attached hydrogen (secondary N) is 2. The average Bonchev–Trinajstić information content (AvgIpc) is 2.49. The van der Waals surface area contributed by atoms with E-state index in [9.17, 15) is 4.79 Å². The van der Waals surface area contributed by atoms with Gasteiger partial charge in [-0.05, 0) is 38.1 Å². The molecule has 1 aromatic carbocycles. The molecule has 0 bridgehead atoms. The molecule has 1 fully saturated rings. The van der Waals surface area contributed by atoms with Crippen LogP contribution in [0.15, 0.2) is 24.3 Å². The number of anilines is 1. The molecule has 1 aromatic heterocycles. The van der Waals surface area contributed by atoms with Crippen molar-refractivity contribution >= 4 is 34.4 Å². The van der Waals surface area contributed by atoms with E-state index in [1.54, 1.807) is 0 Å². The van der Waals surface area contributed by atoms with Crippen LogP contribution in [0.2, 0.25) is 5.15 Å². The summed E-state index contributed by atoms with van der Waals surface area (Å²) in [6, 6.07) is 7.44. The second-order valence-corrected chi connectivity index (χ2v) is 5.22. The van der Waals surface area contributed by atoms with Crippen LogP contribution in [0.1, 0.15) is 12.8 Å². The minimum absolute atomic E-state index is 0.0144. The highest BCUT2D eigenvalue weighted by atomic mass is 35.5. The van der Waals surface area contributed by atoms with E-state index in [2.05, 4.69) is 20.6 Å². The third-order valence-corrected chi connectivity index (χ3v) is 3.74. The number of amides is 1. The monoisotopic (exact) mass is 290 g/mol. The molecule has 2 heterocycles. The van der Waals surface area contributed by atoms with Gasteiger partial charge in [0.05, 0.1) is 11.0 Å². The fourth-order valence-corrected chi connectivity index (χ4v) is 2.54. The Balaban J connectivity index is 1.82. The van der Waals surface area contributed by atoms with Gasteiger partial charge >= 0.3 is 0 Å². The molecule has 1 saturated heterocycles. The predicted molar refractivity (Wildman–Crippen MR) is 78.8 cm³/mol. The van der Waals surface area contributed by atoms with Crippen molar-refractivity contribution in [2.24, 2.45) is 5.92 Å². The van der Waals surface area contributed by atoms with Crippen LogP contribution in [-0.4, -0.2) is 29.0 Å². The van der Waals surface area contributed by atoms with Gasteiger partial charge in [0.2, 0.25) is 5.91 Å². The van der Waals surface area contributed by atoms with Gasteiger partial charge in [-0.1, -0.05) is 23.7 Å². The molecule has 2 N–H and O–H groups in total. The zero-order valence-corrected chi connectivity index (χ0v) is 11.7. The van der Waals surface area contributed by atoms with Crippen LogP contribution in [0.4, 0.5) is 5.82 Å². The van der Waals surface area contributed by atoms with E-state index in [4.69, 9.17) is 11.6 Å². The van der Waals surface area contributed by atoms with Gasteiger partial charge in [0.15, 0.2) is 11.0 Å². The van der Waals surface area contributed by atoms with E-state index in [0.717, 1.165) is 37.0 Å². The van der Waals surface area contributed by atoms with Gasteiger partial charge in [-0.3, -0.25) is 4.79 Å². The highest BCUT2D eigenvalue weighted by Crippen LogP contribution is 2.22. The molecule has 0 spiro atoms. The molecule has 5 nitrogen and oxygen atoms in total. The standard InChI is InChI=1S/C14H15ClN4O/c15-12-13(18-11-4-2-1-3-10(11)17-12)19-14(20)9-5-7-16-8-6-9/h1-4,9,16H,5-8H2,(H,18,19,20). The Hall–Kier alpha value is -1.72. The first-order chi connectivity index (χ1) is 9.74. The summed E-state index contributed by atoms with van der Waals surface area (Å²) >= 11 is 6.09. The third-order valence-electron chi connectivity index (χ3n) is 3.48. The van der Waals surface area contributed by atoms with Crippen molar-refractivity contribution in [2.75, 3.05) is 18.4 Å². The van der Waals surface area contributed by atoms with Gasteiger partial charge in [-0.15, -0.1) is 0 Å². The van der Waals surface area contributed by atoms with Gasteiger partial charge in [0, 0.05) is 5.92 Å². The Bertz CT molecular complexity index is 640. The van der Waals surface area contributed by atoms with E-state index < -0.39 is 0 Å². The van der Waals surface area contributed by atoms with E-state index in [1.807, 2.05) is 24.3 Å². The second kappa shape index (κ2) is 5.73. The number of hydrogen-bond acceptors (Lipinski definition) is 4. The summed E-state index contributed by atoms with van der Waals surface area (Å²) in [7, 11) is 0. The van der Waals surface area contributed by atoms with Crippen LogP contribution in [0.3, 0.4) is 0 Å². The number of nitrogens with zero attached hydrogens (tertiary/aromatic N) is 2. The summed E-state index contributed by atoms with van der Waals surface area (Å²) in [5.74, 6) is 0.326. The summed E-state index contributed by atoms with van der Waals surface area (Å²) in [5.41, 5.74) is 1.44. The molecule has 0 aliphatic carbocycles. The number of benzene rings is 1. The number of fused-ring (bicyclic) bond motifs is 1. The first-order valence-electron chi connectivity index (χ1n) is 6.68. The molecule has 3 rings (SSSR count). The normalized spacial score (nSPS) is 16.2. The molecule has 1 aliphatic heterocycles. The highest BCUT2D eigenvalue weighted by Gasteiger charge is 2.22. The zero-order chi connectivity index (χ0) is 13.9. The van der Waals surface area contributed by atoms with Crippen LogP contribution in [0.5, 0.6) is 0 Å². The van der Waals surface area contributed by atoms with Gasteiger partial charge < -0.3 is 10.6 Å². The summed E-state index contributed by atoms with van der Waals surface area (Å²) in [6.45, 7) is 1.74. The van der Waals surface area contributed by atoms with Gasteiger partial charge in [-0.2, -0.15) is 0 Å². The highest BCUT2D eigenvalue weighted by molar-refractivity contribution is 6.32. The van der Waals surface area contributed by atoms with Crippen LogP contribution in [0.25, 0.3) is 11.0 Å². The smallest absolute Gasteiger partial charge is 0.228 e. The second-order valence-electron chi connectivity index (χ2n) is 4.87. The molecule has 1 aliphatic rings. The molecule has 2 aromatic rings. The maximum atomic E-state index is 12.2. The summed E-state index contributed by atoms with van der Waals surface area (Å²) in [4.78, 5) is 20.8. The van der Waals surface area contributed by atoms with Crippen molar-refractivity contribution in [3.63, 3.8) is 0 Å². The lowest BCUT2D eigenvalue weighted by molar-refractivity contribution is -0.120. The zero-order valence-electron chi connectivity index (χ0n) is 10.9. The van der Waals surface area contributed by atoms with Crippen molar-refractivity contribution in [1.29, 1.82) is 0 Å². The fourth-order valence-electron chi connectivity index (χ4n) is 2.36. The van der Waals surface area contributed by atoms with Crippen molar-refractivity contribution in [1.82, 2.24) is 15.3 Å². The fraction of sp³-hybridized carbons (Fsp3) is 0.357. The van der Waals surface area contributed by atoms with Crippen molar-refractivity contribution in [2.45, 2.75) is 12.8 Å². The van der Waals surface area contributed by atoms with Crippen LogP contribution >= 0.6 is 11.6 Å². The van der Waals surface area contributed by atoms with E-state index >= 15 is 0 Å². The molecular weight excluding hydrogens is 276 g/mol. The van der Waals surface area contributed by atoms with Gasteiger partial charge in [0.25, 0.3) is 0 Å². The Morgan fingerprint density at radius 1 is 1.20 bits per heavy atom.